The molecule has 0 saturated heterocycles. The SMILES string of the molecule is Cc1cc(F)ccc1C(CO)Nc1ccc(Br)cc1. The smallest absolute Gasteiger partial charge is 0.123 e. The van der Waals surface area contributed by atoms with Crippen LogP contribution in [-0.4, -0.2) is 11.7 Å². The van der Waals surface area contributed by atoms with E-state index in [1.54, 1.807) is 6.07 Å². The van der Waals surface area contributed by atoms with Gasteiger partial charge in [-0.3, -0.25) is 0 Å². The largest absolute Gasteiger partial charge is 0.394 e. The fourth-order valence-electron chi connectivity index (χ4n) is 2.00. The van der Waals surface area contributed by atoms with Crippen molar-refractivity contribution in [1.29, 1.82) is 0 Å². The van der Waals surface area contributed by atoms with Gasteiger partial charge in [-0.1, -0.05) is 22.0 Å². The van der Waals surface area contributed by atoms with Gasteiger partial charge in [0.25, 0.3) is 0 Å². The molecule has 0 aromatic heterocycles. The molecule has 2 N–H and O–H groups in total. The van der Waals surface area contributed by atoms with Crippen LogP contribution in [0.1, 0.15) is 17.2 Å². The van der Waals surface area contributed by atoms with Gasteiger partial charge in [0, 0.05) is 10.2 Å². The van der Waals surface area contributed by atoms with Crippen LogP contribution in [0.15, 0.2) is 46.9 Å². The van der Waals surface area contributed by atoms with Crippen LogP contribution in [-0.2, 0) is 0 Å². The summed E-state index contributed by atoms with van der Waals surface area (Å²) < 4.78 is 14.1. The number of anilines is 1. The molecule has 4 heteroatoms. The molecule has 0 radical (unpaired) electrons. The lowest BCUT2D eigenvalue weighted by atomic mass is 10.0. The number of aliphatic hydroxyl groups excluding tert-OH is 1. The summed E-state index contributed by atoms with van der Waals surface area (Å²) in [4.78, 5) is 0. The van der Waals surface area contributed by atoms with Crippen LogP contribution in [0.25, 0.3) is 0 Å². The second-order valence-corrected chi connectivity index (χ2v) is 5.30. The molecule has 0 aliphatic carbocycles. The maximum atomic E-state index is 13.1. The first-order chi connectivity index (χ1) is 9.10. The Bertz CT molecular complexity index is 557. The van der Waals surface area contributed by atoms with E-state index < -0.39 is 0 Å². The summed E-state index contributed by atoms with van der Waals surface area (Å²) >= 11 is 3.37. The van der Waals surface area contributed by atoms with E-state index in [-0.39, 0.29) is 18.5 Å². The summed E-state index contributed by atoms with van der Waals surface area (Å²) in [7, 11) is 0. The predicted molar refractivity (Wildman–Crippen MR) is 78.7 cm³/mol. The molecule has 0 bridgehead atoms. The fraction of sp³-hybridized carbons (Fsp3) is 0.200. The maximum absolute atomic E-state index is 13.1. The second-order valence-electron chi connectivity index (χ2n) is 4.39. The summed E-state index contributed by atoms with van der Waals surface area (Å²) in [6.45, 7) is 1.78. The number of halogens is 2. The molecule has 2 nitrogen and oxygen atoms in total. The van der Waals surface area contributed by atoms with Gasteiger partial charge in [0.2, 0.25) is 0 Å². The van der Waals surface area contributed by atoms with Crippen LogP contribution >= 0.6 is 15.9 Å². The van der Waals surface area contributed by atoms with E-state index in [0.717, 1.165) is 21.3 Å². The molecule has 19 heavy (non-hydrogen) atoms. The van der Waals surface area contributed by atoms with Gasteiger partial charge >= 0.3 is 0 Å². The average molecular weight is 324 g/mol. The van der Waals surface area contributed by atoms with E-state index in [1.165, 1.54) is 12.1 Å². The molecule has 100 valence electrons. The Labute approximate surface area is 120 Å². The van der Waals surface area contributed by atoms with Crippen molar-refractivity contribution >= 4 is 21.6 Å². The lowest BCUT2D eigenvalue weighted by Gasteiger charge is -2.20. The minimum absolute atomic E-state index is 0.0530. The Morgan fingerprint density at radius 3 is 2.47 bits per heavy atom. The summed E-state index contributed by atoms with van der Waals surface area (Å²) in [5.74, 6) is -0.262. The molecule has 0 fully saturated rings. The van der Waals surface area contributed by atoms with Crippen LogP contribution in [0.4, 0.5) is 10.1 Å². The van der Waals surface area contributed by atoms with Crippen molar-refractivity contribution in [3.05, 3.63) is 63.9 Å². The van der Waals surface area contributed by atoms with Crippen molar-refractivity contribution in [3.63, 3.8) is 0 Å². The van der Waals surface area contributed by atoms with Crippen molar-refractivity contribution < 1.29 is 9.50 Å². The number of nitrogens with one attached hydrogen (secondary N) is 1. The highest BCUT2D eigenvalue weighted by atomic mass is 79.9. The molecule has 0 saturated carbocycles. The van der Waals surface area contributed by atoms with Crippen LogP contribution in [0.3, 0.4) is 0 Å². The Kier molecular flexibility index (Phi) is 4.56. The van der Waals surface area contributed by atoms with Crippen LogP contribution < -0.4 is 5.32 Å². The molecule has 1 unspecified atom stereocenters. The van der Waals surface area contributed by atoms with Gasteiger partial charge in [0.05, 0.1) is 12.6 Å². The Morgan fingerprint density at radius 2 is 1.89 bits per heavy atom. The van der Waals surface area contributed by atoms with Gasteiger partial charge in [0.15, 0.2) is 0 Å². The quantitative estimate of drug-likeness (QED) is 0.889. The number of benzene rings is 2. The van der Waals surface area contributed by atoms with Gasteiger partial charge in [0.1, 0.15) is 5.82 Å². The molecule has 1 atom stereocenters. The second kappa shape index (κ2) is 6.17. The maximum Gasteiger partial charge on any atom is 0.123 e. The minimum Gasteiger partial charge on any atom is -0.394 e. The molecular formula is C15H15BrFNO. The number of rotatable bonds is 4. The average Bonchev–Trinajstić information content (AvgIpc) is 2.39. The molecule has 0 amide bonds. The topological polar surface area (TPSA) is 32.3 Å². The minimum atomic E-state index is -0.262. The molecule has 0 aliphatic heterocycles. The van der Waals surface area contributed by atoms with E-state index >= 15 is 0 Å². The zero-order valence-corrected chi connectivity index (χ0v) is 12.1. The van der Waals surface area contributed by atoms with E-state index in [2.05, 4.69) is 21.2 Å². The number of aryl methyl sites for hydroxylation is 1. The van der Waals surface area contributed by atoms with Crippen LogP contribution in [0, 0.1) is 12.7 Å². The van der Waals surface area contributed by atoms with Crippen LogP contribution in [0.2, 0.25) is 0 Å². The van der Waals surface area contributed by atoms with Gasteiger partial charge in [-0.25, -0.2) is 4.39 Å². The molecule has 0 heterocycles. The Balaban J connectivity index is 2.22. The summed E-state index contributed by atoms with van der Waals surface area (Å²) in [5, 5.41) is 12.8. The van der Waals surface area contributed by atoms with Crippen molar-refractivity contribution in [3.8, 4) is 0 Å². The zero-order valence-electron chi connectivity index (χ0n) is 10.5. The van der Waals surface area contributed by atoms with E-state index in [9.17, 15) is 9.50 Å². The third kappa shape index (κ3) is 3.55. The Morgan fingerprint density at radius 1 is 1.21 bits per heavy atom. The standard InChI is InChI=1S/C15H15BrFNO/c1-10-8-12(17)4-7-14(10)15(9-19)18-13-5-2-11(16)3-6-13/h2-8,15,18-19H,9H2,1H3. The van der Waals surface area contributed by atoms with E-state index in [0.29, 0.717) is 0 Å². The van der Waals surface area contributed by atoms with Crippen molar-refractivity contribution in [2.75, 3.05) is 11.9 Å². The fourth-order valence-corrected chi connectivity index (χ4v) is 2.26. The first-order valence-corrected chi connectivity index (χ1v) is 6.78. The summed E-state index contributed by atoms with van der Waals surface area (Å²) in [5.41, 5.74) is 2.63. The molecule has 0 aliphatic rings. The number of hydrogen-bond acceptors (Lipinski definition) is 2. The predicted octanol–water partition coefficient (Wildman–Crippen LogP) is 4.04. The van der Waals surface area contributed by atoms with Gasteiger partial charge < -0.3 is 10.4 Å². The van der Waals surface area contributed by atoms with Gasteiger partial charge in [-0.15, -0.1) is 0 Å². The zero-order chi connectivity index (χ0) is 13.8. The monoisotopic (exact) mass is 323 g/mol. The molecule has 2 aromatic carbocycles. The first kappa shape index (κ1) is 14.0. The summed E-state index contributed by atoms with van der Waals surface area (Å²) in [6.07, 6.45) is 0. The Hall–Kier alpha value is -1.39. The highest BCUT2D eigenvalue weighted by molar-refractivity contribution is 9.10. The molecule has 0 spiro atoms. The third-order valence-corrected chi connectivity index (χ3v) is 3.50. The highest BCUT2D eigenvalue weighted by Gasteiger charge is 2.13. The van der Waals surface area contributed by atoms with Crippen molar-refractivity contribution in [2.24, 2.45) is 0 Å². The lowest BCUT2D eigenvalue weighted by molar-refractivity contribution is 0.276. The number of hydrogen-bond donors (Lipinski definition) is 2. The van der Waals surface area contributed by atoms with E-state index in [4.69, 9.17) is 0 Å². The third-order valence-electron chi connectivity index (χ3n) is 2.97. The molecule has 2 rings (SSSR count). The lowest BCUT2D eigenvalue weighted by Crippen LogP contribution is -2.16. The molecule has 2 aromatic rings. The van der Waals surface area contributed by atoms with Crippen LogP contribution in [0.5, 0.6) is 0 Å². The summed E-state index contributed by atoms with van der Waals surface area (Å²) in [6, 6.07) is 12.0. The molecular weight excluding hydrogens is 309 g/mol. The van der Waals surface area contributed by atoms with Gasteiger partial charge in [-0.2, -0.15) is 0 Å². The van der Waals surface area contributed by atoms with Crippen molar-refractivity contribution in [1.82, 2.24) is 0 Å². The first-order valence-electron chi connectivity index (χ1n) is 5.99. The highest BCUT2D eigenvalue weighted by Crippen LogP contribution is 2.24. The van der Waals surface area contributed by atoms with Crippen molar-refractivity contribution in [2.45, 2.75) is 13.0 Å². The van der Waals surface area contributed by atoms with Gasteiger partial charge in [-0.05, 0) is 54.4 Å². The number of aliphatic hydroxyl groups is 1. The normalized spacial score (nSPS) is 12.2. The van der Waals surface area contributed by atoms with E-state index in [1.807, 2.05) is 31.2 Å².